The molecule has 2 aromatic carbocycles. The van der Waals surface area contributed by atoms with Gasteiger partial charge in [0.05, 0.1) is 19.1 Å². The first kappa shape index (κ1) is 16.6. The topological polar surface area (TPSA) is 102 Å². The summed E-state index contributed by atoms with van der Waals surface area (Å²) in [6.07, 6.45) is 0. The fourth-order valence-electron chi connectivity index (χ4n) is 1.89. The zero-order chi connectivity index (χ0) is 17.0. The van der Waals surface area contributed by atoms with Crippen LogP contribution in [0.15, 0.2) is 47.4 Å². The molecule has 7 nitrogen and oxygen atoms in total. The molecule has 2 N–H and O–H groups in total. The molecule has 8 heteroatoms. The van der Waals surface area contributed by atoms with Gasteiger partial charge >= 0.3 is 5.97 Å². The largest absolute Gasteiger partial charge is 0.497 e. The standard InChI is InChI=1S/C15H15NO6S/c1-21-11-5-3-10(4-6-11)16-23(19,20)12-7-8-14(22-2)13(9-12)15(17)18/h3-9,16H,1-2H3,(H,17,18). The van der Waals surface area contributed by atoms with Crippen LogP contribution in [0.3, 0.4) is 0 Å². The van der Waals surface area contributed by atoms with Crippen molar-refractivity contribution in [3.63, 3.8) is 0 Å². The molecule has 0 aliphatic rings. The molecular formula is C15H15NO6S. The van der Waals surface area contributed by atoms with Gasteiger partial charge in [-0.1, -0.05) is 0 Å². The van der Waals surface area contributed by atoms with Crippen LogP contribution in [-0.2, 0) is 10.0 Å². The van der Waals surface area contributed by atoms with Crippen molar-refractivity contribution in [2.24, 2.45) is 0 Å². The van der Waals surface area contributed by atoms with Crippen LogP contribution in [0, 0.1) is 0 Å². The highest BCUT2D eigenvalue weighted by atomic mass is 32.2. The average molecular weight is 337 g/mol. The van der Waals surface area contributed by atoms with Gasteiger partial charge < -0.3 is 14.6 Å². The van der Waals surface area contributed by atoms with E-state index >= 15 is 0 Å². The van der Waals surface area contributed by atoms with Crippen molar-refractivity contribution in [2.45, 2.75) is 4.90 Å². The second-order valence-electron chi connectivity index (χ2n) is 4.50. The number of carbonyl (C=O) groups is 1. The highest BCUT2D eigenvalue weighted by Crippen LogP contribution is 2.24. The summed E-state index contributed by atoms with van der Waals surface area (Å²) in [6, 6.07) is 9.91. The monoisotopic (exact) mass is 337 g/mol. The van der Waals surface area contributed by atoms with E-state index in [1.807, 2.05) is 0 Å². The first-order valence-corrected chi connectivity index (χ1v) is 7.94. The van der Waals surface area contributed by atoms with Gasteiger partial charge in [-0.3, -0.25) is 4.72 Å². The maximum Gasteiger partial charge on any atom is 0.339 e. The van der Waals surface area contributed by atoms with Crippen LogP contribution in [0.2, 0.25) is 0 Å². The molecule has 0 saturated carbocycles. The van der Waals surface area contributed by atoms with Gasteiger partial charge in [-0.25, -0.2) is 13.2 Å². The highest BCUT2D eigenvalue weighted by Gasteiger charge is 2.19. The lowest BCUT2D eigenvalue weighted by Gasteiger charge is -2.11. The van der Waals surface area contributed by atoms with Crippen LogP contribution in [-0.4, -0.2) is 33.7 Å². The zero-order valence-electron chi connectivity index (χ0n) is 12.4. The summed E-state index contributed by atoms with van der Waals surface area (Å²) in [5.74, 6) is -0.602. The first-order chi connectivity index (χ1) is 10.9. The third-order valence-electron chi connectivity index (χ3n) is 3.05. The summed E-state index contributed by atoms with van der Waals surface area (Å²) >= 11 is 0. The molecule has 0 aliphatic carbocycles. The molecule has 0 heterocycles. The van der Waals surface area contributed by atoms with Crippen molar-refractivity contribution in [2.75, 3.05) is 18.9 Å². The third kappa shape index (κ3) is 3.72. The Kier molecular flexibility index (Phi) is 4.75. The van der Waals surface area contributed by atoms with Crippen molar-refractivity contribution in [3.8, 4) is 11.5 Å². The van der Waals surface area contributed by atoms with Crippen LogP contribution in [0.25, 0.3) is 0 Å². The van der Waals surface area contributed by atoms with Crippen molar-refractivity contribution >= 4 is 21.7 Å². The zero-order valence-corrected chi connectivity index (χ0v) is 13.3. The van der Waals surface area contributed by atoms with E-state index in [0.717, 1.165) is 6.07 Å². The number of anilines is 1. The van der Waals surface area contributed by atoms with Gasteiger partial charge in [0.2, 0.25) is 0 Å². The molecule has 0 saturated heterocycles. The van der Waals surface area contributed by atoms with E-state index in [9.17, 15) is 13.2 Å². The number of hydrogen-bond donors (Lipinski definition) is 2. The minimum Gasteiger partial charge on any atom is -0.497 e. The van der Waals surface area contributed by atoms with Gasteiger partial charge in [0.1, 0.15) is 17.1 Å². The third-order valence-corrected chi connectivity index (χ3v) is 4.43. The smallest absolute Gasteiger partial charge is 0.339 e. The van der Waals surface area contributed by atoms with Gasteiger partial charge in [0.25, 0.3) is 10.0 Å². The van der Waals surface area contributed by atoms with Crippen molar-refractivity contribution < 1.29 is 27.8 Å². The van der Waals surface area contributed by atoms with Gasteiger partial charge in [0, 0.05) is 5.69 Å². The Morgan fingerprint density at radius 3 is 2.22 bits per heavy atom. The molecule has 0 spiro atoms. The fraction of sp³-hybridized carbons (Fsp3) is 0.133. The van der Waals surface area contributed by atoms with Crippen LogP contribution >= 0.6 is 0 Å². The van der Waals surface area contributed by atoms with Crippen LogP contribution < -0.4 is 14.2 Å². The molecular weight excluding hydrogens is 322 g/mol. The number of methoxy groups -OCH3 is 2. The fourth-order valence-corrected chi connectivity index (χ4v) is 2.98. The Morgan fingerprint density at radius 2 is 1.70 bits per heavy atom. The van der Waals surface area contributed by atoms with Crippen molar-refractivity contribution in [3.05, 3.63) is 48.0 Å². The quantitative estimate of drug-likeness (QED) is 0.838. The number of aromatic carboxylic acids is 1. The van der Waals surface area contributed by atoms with Crippen LogP contribution in [0.1, 0.15) is 10.4 Å². The molecule has 0 unspecified atom stereocenters. The maximum absolute atomic E-state index is 12.4. The summed E-state index contributed by atoms with van der Waals surface area (Å²) < 4.78 is 37.0. The number of sulfonamides is 1. The summed E-state index contributed by atoms with van der Waals surface area (Å²) in [4.78, 5) is 11.0. The van der Waals surface area contributed by atoms with Crippen molar-refractivity contribution in [1.82, 2.24) is 0 Å². The lowest BCUT2D eigenvalue weighted by Crippen LogP contribution is -2.14. The molecule has 0 bridgehead atoms. The first-order valence-electron chi connectivity index (χ1n) is 6.45. The molecule has 2 rings (SSSR count). The minimum atomic E-state index is -3.92. The second-order valence-corrected chi connectivity index (χ2v) is 6.18. The van der Waals surface area contributed by atoms with Gasteiger partial charge in [-0.05, 0) is 42.5 Å². The van der Waals surface area contributed by atoms with Crippen LogP contribution in [0.4, 0.5) is 5.69 Å². The predicted octanol–water partition coefficient (Wildman–Crippen LogP) is 2.20. The number of nitrogens with one attached hydrogen (secondary N) is 1. The van der Waals surface area contributed by atoms with E-state index in [4.69, 9.17) is 14.6 Å². The second kappa shape index (κ2) is 6.57. The number of benzene rings is 2. The number of hydrogen-bond acceptors (Lipinski definition) is 5. The van der Waals surface area contributed by atoms with E-state index in [1.165, 1.54) is 38.5 Å². The number of carboxylic acid groups (broad SMARTS) is 1. The predicted molar refractivity (Wildman–Crippen MR) is 83.8 cm³/mol. The highest BCUT2D eigenvalue weighted by molar-refractivity contribution is 7.92. The maximum atomic E-state index is 12.4. The SMILES string of the molecule is COc1ccc(NS(=O)(=O)c2ccc(OC)c(C(=O)O)c2)cc1. The van der Waals surface area contributed by atoms with E-state index < -0.39 is 16.0 Å². The molecule has 2 aromatic rings. The molecule has 0 aromatic heterocycles. The van der Waals surface area contributed by atoms with Gasteiger partial charge in [0.15, 0.2) is 0 Å². The van der Waals surface area contributed by atoms with E-state index in [2.05, 4.69) is 4.72 Å². The molecule has 23 heavy (non-hydrogen) atoms. The number of rotatable bonds is 6. The van der Waals surface area contributed by atoms with E-state index in [0.29, 0.717) is 11.4 Å². The molecule has 0 atom stereocenters. The van der Waals surface area contributed by atoms with Crippen LogP contribution in [0.5, 0.6) is 11.5 Å². The Bertz CT molecular complexity index is 814. The molecule has 0 amide bonds. The van der Waals surface area contributed by atoms with E-state index in [-0.39, 0.29) is 16.2 Å². The average Bonchev–Trinajstić information content (AvgIpc) is 2.54. The molecule has 0 fully saturated rings. The summed E-state index contributed by atoms with van der Waals surface area (Å²) in [7, 11) is -1.11. The molecule has 0 radical (unpaired) electrons. The minimum absolute atomic E-state index is 0.0842. The lowest BCUT2D eigenvalue weighted by molar-refractivity contribution is 0.0693. The lowest BCUT2D eigenvalue weighted by atomic mass is 10.2. The Hall–Kier alpha value is -2.74. The molecule has 122 valence electrons. The number of carboxylic acids is 1. The molecule has 0 aliphatic heterocycles. The number of ether oxygens (including phenoxy) is 2. The van der Waals surface area contributed by atoms with E-state index in [1.54, 1.807) is 12.1 Å². The Balaban J connectivity index is 2.35. The van der Waals surface area contributed by atoms with Gasteiger partial charge in [-0.15, -0.1) is 0 Å². The summed E-state index contributed by atoms with van der Waals surface area (Å²) in [6.45, 7) is 0. The summed E-state index contributed by atoms with van der Waals surface area (Å²) in [5, 5.41) is 9.13. The Morgan fingerprint density at radius 1 is 1.04 bits per heavy atom. The Labute approximate surface area is 133 Å². The van der Waals surface area contributed by atoms with Gasteiger partial charge in [-0.2, -0.15) is 0 Å². The normalized spacial score (nSPS) is 10.9. The van der Waals surface area contributed by atoms with Crippen molar-refractivity contribution in [1.29, 1.82) is 0 Å². The summed E-state index contributed by atoms with van der Waals surface area (Å²) in [5.41, 5.74) is 0.101.